The Kier molecular flexibility index (Phi) is 10.9. The molecule has 0 aliphatic rings. The molecule has 0 amide bonds. The van der Waals surface area contributed by atoms with Gasteiger partial charge in [-0.25, -0.2) is 0 Å². The summed E-state index contributed by atoms with van der Waals surface area (Å²) in [6, 6.07) is 4.04. The minimum absolute atomic E-state index is 0. The molecule has 0 atom stereocenters. The van der Waals surface area contributed by atoms with Crippen molar-refractivity contribution in [1.82, 2.24) is 15.4 Å². The SMILES string of the molecule is Br.Clc1ccnnn1.N#CC#N. The quantitative estimate of drug-likeness (QED) is 0.687. The van der Waals surface area contributed by atoms with Crippen molar-refractivity contribution < 1.29 is 0 Å². The molecule has 0 saturated carbocycles. The first-order chi connectivity index (χ1) is 5.31. The van der Waals surface area contributed by atoms with E-state index in [2.05, 4.69) is 15.4 Å². The molecule has 0 saturated heterocycles. The van der Waals surface area contributed by atoms with E-state index in [9.17, 15) is 0 Å². The lowest BCUT2D eigenvalue weighted by atomic mass is 10.7. The van der Waals surface area contributed by atoms with Crippen LogP contribution in [0, 0.1) is 22.7 Å². The molecule has 62 valence electrons. The van der Waals surface area contributed by atoms with E-state index in [1.54, 1.807) is 6.07 Å². The molecule has 0 N–H and O–H groups in total. The van der Waals surface area contributed by atoms with E-state index in [0.29, 0.717) is 5.15 Å². The fraction of sp³-hybridized carbons (Fsp3) is 0. The number of aromatic nitrogens is 3. The van der Waals surface area contributed by atoms with Crippen LogP contribution in [-0.2, 0) is 0 Å². The Balaban J connectivity index is 0. The number of hydrogen-bond donors (Lipinski definition) is 0. The van der Waals surface area contributed by atoms with E-state index in [0.717, 1.165) is 0 Å². The molecule has 1 heterocycles. The number of nitriles is 2. The summed E-state index contributed by atoms with van der Waals surface area (Å²) in [4.78, 5) is 0. The fourth-order valence-electron chi connectivity index (χ4n) is 0.227. The van der Waals surface area contributed by atoms with Gasteiger partial charge in [-0.05, 0) is 11.3 Å². The van der Waals surface area contributed by atoms with Crippen LogP contribution in [0.4, 0.5) is 0 Å². The Morgan fingerprint density at radius 1 is 1.33 bits per heavy atom. The second-order valence-corrected chi connectivity index (χ2v) is 1.55. The van der Waals surface area contributed by atoms with E-state index in [-0.39, 0.29) is 17.0 Å². The summed E-state index contributed by atoms with van der Waals surface area (Å²) in [7, 11) is 0. The zero-order valence-corrected chi connectivity index (χ0v) is 8.15. The minimum atomic E-state index is 0. The number of hydrogen-bond acceptors (Lipinski definition) is 5. The molecule has 7 heteroatoms. The minimum Gasteiger partial charge on any atom is -0.181 e. The van der Waals surface area contributed by atoms with Crippen LogP contribution < -0.4 is 0 Å². The van der Waals surface area contributed by atoms with Gasteiger partial charge in [0.05, 0.1) is 6.20 Å². The third-order valence-electron chi connectivity index (χ3n) is 0.521. The van der Waals surface area contributed by atoms with Gasteiger partial charge >= 0.3 is 0 Å². The van der Waals surface area contributed by atoms with Gasteiger partial charge in [0.15, 0.2) is 17.3 Å². The van der Waals surface area contributed by atoms with Gasteiger partial charge in [0.1, 0.15) is 0 Å². The second-order valence-electron chi connectivity index (χ2n) is 1.17. The lowest BCUT2D eigenvalue weighted by molar-refractivity contribution is 0.865. The lowest BCUT2D eigenvalue weighted by Crippen LogP contribution is -1.81. The van der Waals surface area contributed by atoms with Gasteiger partial charge in [-0.15, -0.1) is 27.2 Å². The van der Waals surface area contributed by atoms with E-state index < -0.39 is 0 Å². The highest BCUT2D eigenvalue weighted by Crippen LogP contribution is 1.94. The zero-order valence-electron chi connectivity index (χ0n) is 5.68. The molecule has 0 bridgehead atoms. The van der Waals surface area contributed by atoms with Gasteiger partial charge in [0.25, 0.3) is 0 Å². The smallest absolute Gasteiger partial charge is 0.181 e. The second kappa shape index (κ2) is 9.76. The third-order valence-corrected chi connectivity index (χ3v) is 0.722. The first-order valence-corrected chi connectivity index (χ1v) is 2.77. The van der Waals surface area contributed by atoms with Crippen molar-refractivity contribution in [3.8, 4) is 12.1 Å². The van der Waals surface area contributed by atoms with Crippen LogP contribution in [0.25, 0.3) is 0 Å². The van der Waals surface area contributed by atoms with E-state index in [1.807, 2.05) is 0 Å². The van der Waals surface area contributed by atoms with E-state index in [1.165, 1.54) is 18.3 Å². The first-order valence-electron chi connectivity index (χ1n) is 2.39. The van der Waals surface area contributed by atoms with Crippen molar-refractivity contribution in [1.29, 1.82) is 10.5 Å². The average molecular weight is 248 g/mol. The Hall–Kier alpha value is -1.24. The third kappa shape index (κ3) is 8.76. The zero-order chi connectivity index (χ0) is 8.53. The summed E-state index contributed by atoms with van der Waals surface area (Å²) in [6.45, 7) is 0. The van der Waals surface area contributed by atoms with Crippen LogP contribution in [0.15, 0.2) is 12.3 Å². The lowest BCUT2D eigenvalue weighted by Gasteiger charge is -1.76. The van der Waals surface area contributed by atoms with Gasteiger partial charge in [0, 0.05) is 0 Å². The molecule has 0 radical (unpaired) electrons. The van der Waals surface area contributed by atoms with E-state index in [4.69, 9.17) is 22.1 Å². The number of halogens is 2. The molecule has 1 aromatic heterocycles. The molecule has 5 nitrogen and oxygen atoms in total. The predicted octanol–water partition coefficient (Wildman–Crippen LogP) is 1.14. The summed E-state index contributed by atoms with van der Waals surface area (Å²) in [5, 5.41) is 24.9. The molecule has 0 fully saturated rings. The number of rotatable bonds is 0. The van der Waals surface area contributed by atoms with Crippen LogP contribution in [0.3, 0.4) is 0 Å². The largest absolute Gasteiger partial charge is 0.181 e. The van der Waals surface area contributed by atoms with Crippen molar-refractivity contribution in [2.24, 2.45) is 0 Å². The molecule has 0 unspecified atom stereocenters. The summed E-state index contributed by atoms with van der Waals surface area (Å²) < 4.78 is 0. The average Bonchev–Trinajstić information content (AvgIpc) is 2.07. The summed E-state index contributed by atoms with van der Waals surface area (Å²) in [5.41, 5.74) is 0. The fourth-order valence-corrected chi connectivity index (χ4v) is 0.317. The highest BCUT2D eigenvalue weighted by atomic mass is 79.9. The monoisotopic (exact) mass is 247 g/mol. The molecule has 0 aliphatic heterocycles. The van der Waals surface area contributed by atoms with Gasteiger partial charge in [-0.2, -0.15) is 10.5 Å². The van der Waals surface area contributed by atoms with Crippen molar-refractivity contribution >= 4 is 28.6 Å². The molecule has 0 spiro atoms. The van der Waals surface area contributed by atoms with Gasteiger partial charge in [-0.3, -0.25) is 0 Å². The van der Waals surface area contributed by atoms with Gasteiger partial charge in [0.2, 0.25) is 0 Å². The topological polar surface area (TPSA) is 86.2 Å². The van der Waals surface area contributed by atoms with Crippen molar-refractivity contribution in [3.63, 3.8) is 0 Å². The van der Waals surface area contributed by atoms with Crippen molar-refractivity contribution in [3.05, 3.63) is 17.4 Å². The Morgan fingerprint density at radius 2 is 1.92 bits per heavy atom. The number of nitrogens with zero attached hydrogens (tertiary/aromatic N) is 5. The van der Waals surface area contributed by atoms with E-state index >= 15 is 0 Å². The maximum Gasteiger partial charge on any atom is 0.181 e. The van der Waals surface area contributed by atoms with Crippen LogP contribution in [0.5, 0.6) is 0 Å². The molecule has 12 heavy (non-hydrogen) atoms. The Bertz CT molecular complexity index is 264. The summed E-state index contributed by atoms with van der Waals surface area (Å²) in [6.07, 6.45) is 1.48. The predicted molar refractivity (Wildman–Crippen MR) is 46.4 cm³/mol. The van der Waals surface area contributed by atoms with Gasteiger partial charge < -0.3 is 0 Å². The summed E-state index contributed by atoms with van der Waals surface area (Å²) >= 11 is 5.33. The molecule has 0 aliphatic carbocycles. The Morgan fingerprint density at radius 3 is 2.08 bits per heavy atom. The summed E-state index contributed by atoms with van der Waals surface area (Å²) in [5.74, 6) is 0. The van der Waals surface area contributed by atoms with Crippen molar-refractivity contribution in [2.75, 3.05) is 0 Å². The standard InChI is InChI=1S/C3H2ClN3.C2N2.BrH/c4-3-1-2-5-7-6-3;3-1-2-4;/h1-2H;;1H. The molecule has 1 rings (SSSR count). The highest BCUT2D eigenvalue weighted by Gasteiger charge is 1.79. The maximum atomic E-state index is 7.26. The van der Waals surface area contributed by atoms with Gasteiger partial charge in [-0.1, -0.05) is 11.6 Å². The molecule has 1 aromatic rings. The first kappa shape index (κ1) is 13.4. The van der Waals surface area contributed by atoms with Crippen molar-refractivity contribution in [2.45, 2.75) is 0 Å². The Labute approximate surface area is 84.4 Å². The van der Waals surface area contributed by atoms with Crippen LogP contribution in [0.2, 0.25) is 5.15 Å². The van der Waals surface area contributed by atoms with Crippen LogP contribution in [-0.4, -0.2) is 15.4 Å². The maximum absolute atomic E-state index is 7.26. The highest BCUT2D eigenvalue weighted by molar-refractivity contribution is 8.93. The van der Waals surface area contributed by atoms with Crippen LogP contribution >= 0.6 is 28.6 Å². The molecular weight excluding hydrogens is 245 g/mol. The molecular formula is C5H3BrClN5. The normalized spacial score (nSPS) is 5.92. The van der Waals surface area contributed by atoms with Crippen LogP contribution in [0.1, 0.15) is 0 Å². The molecule has 0 aromatic carbocycles.